The number of benzene rings is 3. The number of carbonyl (C=O) groups excluding carboxylic acids is 1. The van der Waals surface area contributed by atoms with Crippen LogP contribution >= 0.6 is 0 Å². The highest BCUT2D eigenvalue weighted by molar-refractivity contribution is 5.97. The number of hydrogen-bond acceptors (Lipinski definition) is 3. The number of aldehydes is 1. The second-order valence-corrected chi connectivity index (χ2v) is 7.77. The fourth-order valence-electron chi connectivity index (χ4n) is 4.46. The number of nitrogens with zero attached hydrogens (tertiary/aromatic N) is 2. The van der Waals surface area contributed by atoms with Crippen LogP contribution in [0.1, 0.15) is 10.5 Å². The molecule has 31 heavy (non-hydrogen) atoms. The molecule has 0 saturated heterocycles. The molecule has 0 atom stereocenters. The summed E-state index contributed by atoms with van der Waals surface area (Å²) >= 11 is 0. The van der Waals surface area contributed by atoms with Crippen molar-refractivity contribution in [3.63, 3.8) is 0 Å². The third kappa shape index (κ3) is 2.74. The topological polar surface area (TPSA) is 45.4 Å². The second kappa shape index (κ2) is 6.77. The maximum atomic E-state index is 11.3. The van der Waals surface area contributed by atoms with Crippen LogP contribution in [0.4, 0.5) is 0 Å². The molecule has 0 unspecified atom stereocenters. The predicted octanol–water partition coefficient (Wildman–Crippen LogP) is 5.37. The van der Waals surface area contributed by atoms with E-state index in [1.807, 2.05) is 23.7 Å². The molecular formula is C26H20N2O3. The predicted molar refractivity (Wildman–Crippen MR) is 122 cm³/mol. The first-order valence-electron chi connectivity index (χ1n) is 10.3. The molecule has 5 aromatic rings. The normalized spacial score (nSPS) is 13.1. The Hall–Kier alpha value is -3.99. The highest BCUT2D eigenvalue weighted by Gasteiger charge is 2.15. The lowest BCUT2D eigenvalue weighted by Gasteiger charge is -2.19. The van der Waals surface area contributed by atoms with Crippen LogP contribution in [0.3, 0.4) is 0 Å². The van der Waals surface area contributed by atoms with E-state index in [4.69, 9.17) is 9.47 Å². The van der Waals surface area contributed by atoms with Crippen molar-refractivity contribution in [3.05, 3.63) is 78.6 Å². The molecule has 0 radical (unpaired) electrons. The molecule has 0 fully saturated rings. The fraction of sp³-hybridized carbons (Fsp3) is 0.115. The van der Waals surface area contributed by atoms with Crippen molar-refractivity contribution in [2.24, 2.45) is 7.05 Å². The van der Waals surface area contributed by atoms with Gasteiger partial charge in [0.1, 0.15) is 13.2 Å². The summed E-state index contributed by atoms with van der Waals surface area (Å²) in [6.07, 6.45) is 2.99. The Morgan fingerprint density at radius 2 is 1.74 bits per heavy atom. The number of hydrogen-bond donors (Lipinski definition) is 0. The third-order valence-corrected chi connectivity index (χ3v) is 6.05. The molecule has 0 amide bonds. The molecule has 152 valence electrons. The first-order valence-corrected chi connectivity index (χ1v) is 10.3. The lowest BCUT2D eigenvalue weighted by molar-refractivity contribution is 0.111. The zero-order chi connectivity index (χ0) is 20.9. The van der Waals surface area contributed by atoms with Gasteiger partial charge in [-0.2, -0.15) is 0 Å². The van der Waals surface area contributed by atoms with Crippen LogP contribution in [-0.2, 0) is 7.05 Å². The van der Waals surface area contributed by atoms with Crippen LogP contribution in [0.5, 0.6) is 11.5 Å². The molecule has 0 saturated carbocycles. The lowest BCUT2D eigenvalue weighted by Crippen LogP contribution is -2.15. The molecular weight excluding hydrogens is 388 g/mol. The Labute approximate surface area is 179 Å². The summed E-state index contributed by atoms with van der Waals surface area (Å²) in [4.78, 5) is 11.3. The number of aromatic nitrogens is 2. The molecule has 0 N–H and O–H groups in total. The molecule has 0 aliphatic carbocycles. The van der Waals surface area contributed by atoms with Gasteiger partial charge in [-0.1, -0.05) is 24.3 Å². The van der Waals surface area contributed by atoms with Crippen LogP contribution in [0.2, 0.25) is 0 Å². The average molecular weight is 408 g/mol. The van der Waals surface area contributed by atoms with Crippen LogP contribution in [0.25, 0.3) is 38.6 Å². The van der Waals surface area contributed by atoms with Crippen molar-refractivity contribution in [1.29, 1.82) is 0 Å². The zero-order valence-electron chi connectivity index (χ0n) is 17.0. The van der Waals surface area contributed by atoms with Gasteiger partial charge in [0.25, 0.3) is 0 Å². The van der Waals surface area contributed by atoms with E-state index in [1.54, 1.807) is 0 Å². The smallest absolute Gasteiger partial charge is 0.166 e. The van der Waals surface area contributed by atoms with E-state index >= 15 is 0 Å². The maximum Gasteiger partial charge on any atom is 0.166 e. The van der Waals surface area contributed by atoms with Gasteiger partial charge >= 0.3 is 0 Å². The second-order valence-electron chi connectivity index (χ2n) is 7.77. The van der Waals surface area contributed by atoms with E-state index in [9.17, 15) is 4.79 Å². The molecule has 0 bridgehead atoms. The number of rotatable bonds is 3. The zero-order valence-corrected chi connectivity index (χ0v) is 17.0. The molecule has 1 aliphatic heterocycles. The molecule has 3 heterocycles. The summed E-state index contributed by atoms with van der Waals surface area (Å²) in [7, 11) is 1.92. The number of carbonyl (C=O) groups is 1. The third-order valence-electron chi connectivity index (χ3n) is 6.05. The summed E-state index contributed by atoms with van der Waals surface area (Å²) in [5.74, 6) is 1.59. The van der Waals surface area contributed by atoms with Crippen molar-refractivity contribution >= 4 is 28.1 Å². The van der Waals surface area contributed by atoms with E-state index in [1.165, 1.54) is 5.39 Å². The minimum absolute atomic E-state index is 0.574. The molecule has 3 aromatic carbocycles. The molecule has 6 rings (SSSR count). The first kappa shape index (κ1) is 17.8. The number of ether oxygens (including phenoxy) is 2. The molecule has 1 aliphatic rings. The van der Waals surface area contributed by atoms with Crippen LogP contribution < -0.4 is 9.47 Å². The Bertz CT molecular complexity index is 1480. The summed E-state index contributed by atoms with van der Waals surface area (Å²) in [5.41, 5.74) is 6.13. The summed E-state index contributed by atoms with van der Waals surface area (Å²) < 4.78 is 15.6. The van der Waals surface area contributed by atoms with Gasteiger partial charge in [0, 0.05) is 29.7 Å². The first-order chi connectivity index (χ1) is 15.2. The van der Waals surface area contributed by atoms with E-state index in [0.29, 0.717) is 18.9 Å². The van der Waals surface area contributed by atoms with Crippen molar-refractivity contribution in [2.75, 3.05) is 13.2 Å². The van der Waals surface area contributed by atoms with Crippen molar-refractivity contribution < 1.29 is 14.3 Å². The average Bonchev–Trinajstić information content (AvgIpc) is 3.39. The van der Waals surface area contributed by atoms with Crippen LogP contribution in [-0.4, -0.2) is 28.6 Å². The van der Waals surface area contributed by atoms with Crippen molar-refractivity contribution in [2.45, 2.75) is 0 Å². The summed E-state index contributed by atoms with van der Waals surface area (Å²) in [6, 6.07) is 22.8. The highest BCUT2D eigenvalue weighted by Crippen LogP contribution is 2.37. The van der Waals surface area contributed by atoms with E-state index in [2.05, 4.69) is 65.4 Å². The van der Waals surface area contributed by atoms with Gasteiger partial charge in [0.05, 0.1) is 16.7 Å². The Balaban J connectivity index is 1.49. The van der Waals surface area contributed by atoms with Gasteiger partial charge in [0.2, 0.25) is 0 Å². The van der Waals surface area contributed by atoms with Crippen molar-refractivity contribution in [1.82, 2.24) is 9.13 Å². The monoisotopic (exact) mass is 408 g/mol. The standard InChI is InChI=1S/C26H20N2O3/c1-27-20(16-29)13-18-5-7-19(15-24(18)27)28-10-9-22-21(3-2-4-23(22)28)17-6-8-25-26(14-17)31-12-11-30-25/h2-10,13-16H,11-12H2,1H3. The fourth-order valence-corrected chi connectivity index (χ4v) is 4.46. The minimum Gasteiger partial charge on any atom is -0.486 e. The van der Waals surface area contributed by atoms with Gasteiger partial charge < -0.3 is 18.6 Å². The van der Waals surface area contributed by atoms with E-state index in [-0.39, 0.29) is 0 Å². The Morgan fingerprint density at radius 1 is 0.871 bits per heavy atom. The molecule has 5 nitrogen and oxygen atoms in total. The largest absolute Gasteiger partial charge is 0.486 e. The minimum atomic E-state index is 0.574. The quantitative estimate of drug-likeness (QED) is 0.377. The molecule has 5 heteroatoms. The Morgan fingerprint density at radius 3 is 2.61 bits per heavy atom. The van der Waals surface area contributed by atoms with Gasteiger partial charge in [-0.25, -0.2) is 0 Å². The summed E-state index contributed by atoms with van der Waals surface area (Å²) in [6.45, 7) is 1.16. The van der Waals surface area contributed by atoms with E-state index < -0.39 is 0 Å². The number of fused-ring (bicyclic) bond motifs is 3. The lowest BCUT2D eigenvalue weighted by atomic mass is 10.0. The van der Waals surface area contributed by atoms with Gasteiger partial charge in [-0.05, 0) is 53.6 Å². The van der Waals surface area contributed by atoms with Gasteiger partial charge in [-0.3, -0.25) is 4.79 Å². The van der Waals surface area contributed by atoms with Gasteiger partial charge in [0.15, 0.2) is 17.8 Å². The SMILES string of the molecule is Cn1c(C=O)cc2ccc(-n3ccc4c(-c5ccc6c(c5)OCCO6)cccc43)cc21. The number of aryl methyl sites for hydroxylation is 1. The van der Waals surface area contributed by atoms with Crippen molar-refractivity contribution in [3.8, 4) is 28.3 Å². The van der Waals surface area contributed by atoms with Crippen LogP contribution in [0, 0.1) is 0 Å². The summed E-state index contributed by atoms with van der Waals surface area (Å²) in [5, 5.41) is 2.22. The van der Waals surface area contributed by atoms with Crippen LogP contribution in [0.15, 0.2) is 72.9 Å². The Kier molecular flexibility index (Phi) is 3.90. The maximum absolute atomic E-state index is 11.3. The van der Waals surface area contributed by atoms with Gasteiger partial charge in [-0.15, -0.1) is 0 Å². The molecule has 2 aromatic heterocycles. The molecule has 0 spiro atoms. The van der Waals surface area contributed by atoms with E-state index in [0.717, 1.165) is 51.0 Å². The highest BCUT2D eigenvalue weighted by atomic mass is 16.6.